The predicted octanol–water partition coefficient (Wildman–Crippen LogP) is 1.44. The summed E-state index contributed by atoms with van der Waals surface area (Å²) < 4.78 is 7.65. The van der Waals surface area contributed by atoms with Gasteiger partial charge in [-0.15, -0.1) is 0 Å². The summed E-state index contributed by atoms with van der Waals surface area (Å²) in [5.41, 5.74) is 2.86. The number of hydrogen-bond acceptors (Lipinski definition) is 5. The number of rotatable bonds is 4. The first-order valence-electron chi connectivity index (χ1n) is 7.21. The average molecular weight is 287 g/mol. The maximum atomic E-state index is 5.78. The van der Waals surface area contributed by atoms with Crippen LogP contribution < -0.4 is 4.90 Å². The molecule has 0 atom stereocenters. The Balaban J connectivity index is 1.84. The first-order valence-corrected chi connectivity index (χ1v) is 7.21. The molecule has 6 nitrogen and oxygen atoms in total. The third-order valence-electron chi connectivity index (χ3n) is 4.11. The fourth-order valence-corrected chi connectivity index (χ4v) is 2.87. The van der Waals surface area contributed by atoms with Gasteiger partial charge in [0.2, 0.25) is 5.95 Å². The highest BCUT2D eigenvalue weighted by Crippen LogP contribution is 2.36. The number of methoxy groups -OCH3 is 1. The first kappa shape index (κ1) is 14.0. The number of nitrogens with zero attached hydrogens (tertiary/aromatic N) is 5. The molecular formula is C15H21N5O. The maximum absolute atomic E-state index is 5.78. The quantitative estimate of drug-likeness (QED) is 0.852. The van der Waals surface area contributed by atoms with E-state index in [0.29, 0.717) is 0 Å². The molecule has 2 aromatic heterocycles. The Morgan fingerprint density at radius 3 is 2.67 bits per heavy atom. The van der Waals surface area contributed by atoms with Crippen LogP contribution in [0.4, 0.5) is 5.95 Å². The molecule has 0 aromatic carbocycles. The van der Waals surface area contributed by atoms with Gasteiger partial charge in [-0.3, -0.25) is 4.68 Å². The standard InChI is InChI=1S/C15H21N5O/c1-5-12-8-11(2)17-14(18-12)20-9-15(10-20,21-4)13-6-7-16-19(13)3/h6-8H,5,9-10H2,1-4H3. The molecule has 0 spiro atoms. The van der Waals surface area contributed by atoms with Crippen molar-refractivity contribution in [3.05, 3.63) is 35.4 Å². The lowest BCUT2D eigenvalue weighted by Crippen LogP contribution is -2.62. The fourth-order valence-electron chi connectivity index (χ4n) is 2.87. The number of ether oxygens (including phenoxy) is 1. The molecule has 21 heavy (non-hydrogen) atoms. The topological polar surface area (TPSA) is 56.1 Å². The highest BCUT2D eigenvalue weighted by Gasteiger charge is 2.48. The Labute approximate surface area is 124 Å². The molecule has 0 aliphatic carbocycles. The van der Waals surface area contributed by atoms with Crippen molar-refractivity contribution in [3.63, 3.8) is 0 Å². The van der Waals surface area contributed by atoms with Gasteiger partial charge in [-0.2, -0.15) is 5.10 Å². The van der Waals surface area contributed by atoms with Crippen LogP contribution in [0.1, 0.15) is 24.0 Å². The van der Waals surface area contributed by atoms with E-state index in [2.05, 4.69) is 26.9 Å². The molecule has 3 rings (SSSR count). The molecule has 3 heterocycles. The van der Waals surface area contributed by atoms with Crippen molar-refractivity contribution in [3.8, 4) is 0 Å². The minimum atomic E-state index is -0.315. The monoisotopic (exact) mass is 287 g/mol. The zero-order valence-electron chi connectivity index (χ0n) is 13.0. The van der Waals surface area contributed by atoms with E-state index in [9.17, 15) is 0 Å². The van der Waals surface area contributed by atoms with Crippen LogP contribution in [0, 0.1) is 6.92 Å². The van der Waals surface area contributed by atoms with Crippen LogP contribution in [0.2, 0.25) is 0 Å². The van der Waals surface area contributed by atoms with Gasteiger partial charge in [-0.25, -0.2) is 9.97 Å². The minimum absolute atomic E-state index is 0.315. The Morgan fingerprint density at radius 1 is 1.33 bits per heavy atom. The Kier molecular flexibility index (Phi) is 3.41. The van der Waals surface area contributed by atoms with Gasteiger partial charge in [0.15, 0.2) is 0 Å². The second-order valence-corrected chi connectivity index (χ2v) is 5.55. The molecule has 1 aliphatic rings. The lowest BCUT2D eigenvalue weighted by atomic mass is 9.90. The van der Waals surface area contributed by atoms with Crippen LogP contribution in [0.15, 0.2) is 18.3 Å². The van der Waals surface area contributed by atoms with Crippen LogP contribution in [0.25, 0.3) is 0 Å². The second kappa shape index (κ2) is 5.11. The van der Waals surface area contributed by atoms with Crippen molar-refractivity contribution in [2.24, 2.45) is 7.05 Å². The van der Waals surface area contributed by atoms with Crippen molar-refractivity contribution in [1.29, 1.82) is 0 Å². The third-order valence-corrected chi connectivity index (χ3v) is 4.11. The summed E-state index contributed by atoms with van der Waals surface area (Å²) in [5.74, 6) is 0.793. The lowest BCUT2D eigenvalue weighted by Gasteiger charge is -2.48. The molecule has 0 N–H and O–H groups in total. The molecule has 0 unspecified atom stereocenters. The van der Waals surface area contributed by atoms with E-state index in [4.69, 9.17) is 4.74 Å². The van der Waals surface area contributed by atoms with E-state index in [1.54, 1.807) is 13.3 Å². The second-order valence-electron chi connectivity index (χ2n) is 5.55. The fraction of sp³-hybridized carbons (Fsp3) is 0.533. The van der Waals surface area contributed by atoms with E-state index in [-0.39, 0.29) is 5.60 Å². The van der Waals surface area contributed by atoms with Gasteiger partial charge in [-0.05, 0) is 25.5 Å². The maximum Gasteiger partial charge on any atom is 0.225 e. The molecule has 0 radical (unpaired) electrons. The lowest BCUT2D eigenvalue weighted by molar-refractivity contribution is -0.0451. The zero-order valence-corrected chi connectivity index (χ0v) is 13.0. The molecule has 6 heteroatoms. The van der Waals surface area contributed by atoms with Crippen LogP contribution in [0.3, 0.4) is 0 Å². The summed E-state index contributed by atoms with van der Waals surface area (Å²) >= 11 is 0. The SMILES string of the molecule is CCc1cc(C)nc(N2CC(OC)(c3ccnn3C)C2)n1. The predicted molar refractivity (Wildman–Crippen MR) is 80.3 cm³/mol. The molecule has 112 valence electrons. The summed E-state index contributed by atoms with van der Waals surface area (Å²) in [6.45, 7) is 5.61. The van der Waals surface area contributed by atoms with Crippen LogP contribution >= 0.6 is 0 Å². The van der Waals surface area contributed by atoms with Crippen molar-refractivity contribution >= 4 is 5.95 Å². The number of aryl methyl sites for hydroxylation is 3. The molecule has 0 amide bonds. The van der Waals surface area contributed by atoms with E-state index in [0.717, 1.165) is 42.5 Å². The number of anilines is 1. The number of aromatic nitrogens is 4. The van der Waals surface area contributed by atoms with Crippen LogP contribution in [-0.2, 0) is 23.8 Å². The molecule has 0 saturated carbocycles. The molecule has 1 fully saturated rings. The van der Waals surface area contributed by atoms with E-state index >= 15 is 0 Å². The van der Waals surface area contributed by atoms with Crippen molar-refractivity contribution in [2.45, 2.75) is 25.9 Å². The van der Waals surface area contributed by atoms with Gasteiger partial charge in [0, 0.05) is 31.7 Å². The van der Waals surface area contributed by atoms with Gasteiger partial charge in [-0.1, -0.05) is 6.92 Å². The van der Waals surface area contributed by atoms with Gasteiger partial charge < -0.3 is 9.64 Å². The molecular weight excluding hydrogens is 266 g/mol. The van der Waals surface area contributed by atoms with Crippen molar-refractivity contribution in [1.82, 2.24) is 19.7 Å². The van der Waals surface area contributed by atoms with E-state index in [1.807, 2.05) is 30.8 Å². The molecule has 0 bridgehead atoms. The average Bonchev–Trinajstić information content (AvgIpc) is 2.85. The van der Waals surface area contributed by atoms with Crippen LogP contribution in [0.5, 0.6) is 0 Å². The zero-order chi connectivity index (χ0) is 15.0. The largest absolute Gasteiger partial charge is 0.368 e. The summed E-state index contributed by atoms with van der Waals surface area (Å²) in [5, 5.41) is 4.24. The summed E-state index contributed by atoms with van der Waals surface area (Å²) in [6.07, 6.45) is 2.72. The summed E-state index contributed by atoms with van der Waals surface area (Å²) in [4.78, 5) is 11.3. The Hall–Kier alpha value is -1.95. The van der Waals surface area contributed by atoms with Crippen LogP contribution in [-0.4, -0.2) is 39.9 Å². The first-order chi connectivity index (χ1) is 10.1. The summed E-state index contributed by atoms with van der Waals surface area (Å²) in [6, 6.07) is 4.05. The van der Waals surface area contributed by atoms with Crippen molar-refractivity contribution in [2.75, 3.05) is 25.1 Å². The third kappa shape index (κ3) is 2.29. The van der Waals surface area contributed by atoms with Crippen molar-refractivity contribution < 1.29 is 4.74 Å². The Bertz CT molecular complexity index is 645. The normalized spacial score (nSPS) is 16.9. The van der Waals surface area contributed by atoms with E-state index in [1.165, 1.54) is 0 Å². The van der Waals surface area contributed by atoms with Gasteiger partial charge in [0.1, 0.15) is 5.60 Å². The molecule has 1 saturated heterocycles. The highest BCUT2D eigenvalue weighted by molar-refractivity contribution is 5.41. The van der Waals surface area contributed by atoms with Gasteiger partial charge in [0.05, 0.1) is 18.8 Å². The minimum Gasteiger partial charge on any atom is -0.368 e. The number of hydrogen-bond donors (Lipinski definition) is 0. The van der Waals surface area contributed by atoms with E-state index < -0.39 is 0 Å². The molecule has 1 aliphatic heterocycles. The smallest absolute Gasteiger partial charge is 0.225 e. The summed E-state index contributed by atoms with van der Waals surface area (Å²) in [7, 11) is 3.69. The molecule has 2 aromatic rings. The van der Waals surface area contributed by atoms with Gasteiger partial charge >= 0.3 is 0 Å². The highest BCUT2D eigenvalue weighted by atomic mass is 16.5. The van der Waals surface area contributed by atoms with Gasteiger partial charge in [0.25, 0.3) is 0 Å². The Morgan fingerprint density at radius 2 is 2.10 bits per heavy atom.